The number of halogens is 2. The zero-order chi connectivity index (χ0) is 12.8. The van der Waals surface area contributed by atoms with Gasteiger partial charge in [0.2, 0.25) is 5.91 Å². The first-order chi connectivity index (χ1) is 8.75. The number of amides is 1. The summed E-state index contributed by atoms with van der Waals surface area (Å²) >= 11 is 3.40. The Hall–Kier alpha value is -0.780. The molecule has 4 nitrogen and oxygen atoms in total. The fourth-order valence-electron chi connectivity index (χ4n) is 1.65. The molecular formula is C13H18BrClN2O2. The van der Waals surface area contributed by atoms with Crippen molar-refractivity contribution in [1.82, 2.24) is 10.6 Å². The number of para-hydroxylation sites is 1. The van der Waals surface area contributed by atoms with E-state index in [9.17, 15) is 4.79 Å². The van der Waals surface area contributed by atoms with Crippen LogP contribution in [0.15, 0.2) is 28.7 Å². The number of nitrogens with one attached hydrogen (secondary N) is 2. The molecule has 0 radical (unpaired) electrons. The van der Waals surface area contributed by atoms with Crippen LogP contribution >= 0.6 is 28.3 Å². The van der Waals surface area contributed by atoms with Gasteiger partial charge >= 0.3 is 0 Å². The Labute approximate surface area is 127 Å². The standard InChI is InChI=1S/C13H17BrN2O2.ClH/c14-11-3-1-2-4-12(11)18-6-5-13(17)16-9-10-7-15-8-10;/h1-4,10,15H,5-9H2,(H,16,17);1H. The number of carbonyl (C=O) groups is 1. The monoisotopic (exact) mass is 348 g/mol. The molecular weight excluding hydrogens is 332 g/mol. The van der Waals surface area contributed by atoms with Crippen LogP contribution in [0, 0.1) is 5.92 Å². The van der Waals surface area contributed by atoms with Crippen molar-refractivity contribution in [3.8, 4) is 5.75 Å². The maximum Gasteiger partial charge on any atom is 0.223 e. The molecule has 0 bridgehead atoms. The lowest BCUT2D eigenvalue weighted by Crippen LogP contribution is -2.48. The summed E-state index contributed by atoms with van der Waals surface area (Å²) in [5.41, 5.74) is 0. The first-order valence-corrected chi connectivity index (χ1v) is 6.90. The van der Waals surface area contributed by atoms with Crippen molar-refractivity contribution in [2.75, 3.05) is 26.2 Å². The largest absolute Gasteiger partial charge is 0.492 e. The van der Waals surface area contributed by atoms with E-state index in [1.165, 1.54) is 0 Å². The molecule has 0 spiro atoms. The number of ether oxygens (including phenoxy) is 1. The summed E-state index contributed by atoms with van der Waals surface area (Å²) in [5.74, 6) is 1.42. The molecule has 1 saturated heterocycles. The molecule has 2 N–H and O–H groups in total. The predicted octanol–water partition coefficient (Wildman–Crippen LogP) is 1.98. The van der Waals surface area contributed by atoms with Crippen LogP contribution in [-0.2, 0) is 4.79 Å². The van der Waals surface area contributed by atoms with Crippen LogP contribution in [0.1, 0.15) is 6.42 Å². The van der Waals surface area contributed by atoms with E-state index < -0.39 is 0 Å². The Kier molecular flexibility index (Phi) is 7.20. The van der Waals surface area contributed by atoms with E-state index in [0.29, 0.717) is 18.9 Å². The van der Waals surface area contributed by atoms with Gasteiger partial charge in [0.15, 0.2) is 0 Å². The van der Waals surface area contributed by atoms with Crippen molar-refractivity contribution < 1.29 is 9.53 Å². The molecule has 19 heavy (non-hydrogen) atoms. The highest BCUT2D eigenvalue weighted by molar-refractivity contribution is 9.10. The van der Waals surface area contributed by atoms with Crippen molar-refractivity contribution in [1.29, 1.82) is 0 Å². The van der Waals surface area contributed by atoms with E-state index in [0.717, 1.165) is 29.9 Å². The third-order valence-corrected chi connectivity index (χ3v) is 3.53. The minimum Gasteiger partial charge on any atom is -0.492 e. The summed E-state index contributed by atoms with van der Waals surface area (Å²) < 4.78 is 6.44. The molecule has 1 heterocycles. The second kappa shape index (κ2) is 8.40. The average Bonchev–Trinajstić information content (AvgIpc) is 2.30. The summed E-state index contributed by atoms with van der Waals surface area (Å²) in [5, 5.41) is 6.09. The number of hydrogen-bond donors (Lipinski definition) is 2. The van der Waals surface area contributed by atoms with Crippen molar-refractivity contribution in [2.45, 2.75) is 6.42 Å². The molecule has 1 aliphatic rings. The topological polar surface area (TPSA) is 50.4 Å². The first-order valence-electron chi connectivity index (χ1n) is 6.10. The van der Waals surface area contributed by atoms with Crippen LogP contribution in [0.4, 0.5) is 0 Å². The van der Waals surface area contributed by atoms with Crippen LogP contribution in [0.2, 0.25) is 0 Å². The maximum atomic E-state index is 11.5. The summed E-state index contributed by atoms with van der Waals surface area (Å²) in [6.07, 6.45) is 0.390. The molecule has 0 atom stereocenters. The van der Waals surface area contributed by atoms with Crippen LogP contribution in [-0.4, -0.2) is 32.1 Å². The zero-order valence-electron chi connectivity index (χ0n) is 10.5. The molecule has 1 aromatic rings. The van der Waals surface area contributed by atoms with Gasteiger partial charge in [0, 0.05) is 25.6 Å². The zero-order valence-corrected chi connectivity index (χ0v) is 12.9. The van der Waals surface area contributed by atoms with Crippen molar-refractivity contribution >= 4 is 34.2 Å². The van der Waals surface area contributed by atoms with Gasteiger partial charge in [-0.05, 0) is 28.1 Å². The van der Waals surface area contributed by atoms with Gasteiger partial charge in [-0.1, -0.05) is 12.1 Å². The first kappa shape index (κ1) is 16.3. The molecule has 6 heteroatoms. The highest BCUT2D eigenvalue weighted by Crippen LogP contribution is 2.23. The Morgan fingerprint density at radius 2 is 2.16 bits per heavy atom. The molecule has 2 rings (SSSR count). The SMILES string of the molecule is Cl.O=C(CCOc1ccccc1Br)NCC1CNC1. The fraction of sp³-hybridized carbons (Fsp3) is 0.462. The lowest BCUT2D eigenvalue weighted by molar-refractivity contribution is -0.121. The minimum atomic E-state index is 0. The summed E-state index contributed by atoms with van der Waals surface area (Å²) in [6, 6.07) is 7.63. The number of hydrogen-bond acceptors (Lipinski definition) is 3. The molecule has 0 aromatic heterocycles. The van der Waals surface area contributed by atoms with Gasteiger partial charge in [-0.25, -0.2) is 0 Å². The summed E-state index contributed by atoms with van der Waals surface area (Å²) in [6.45, 7) is 3.18. The molecule has 0 unspecified atom stereocenters. The van der Waals surface area contributed by atoms with Gasteiger partial charge in [0.1, 0.15) is 5.75 Å². The lowest BCUT2D eigenvalue weighted by atomic mass is 10.0. The van der Waals surface area contributed by atoms with E-state index in [1.54, 1.807) is 0 Å². The number of rotatable bonds is 6. The molecule has 1 fully saturated rings. The van der Waals surface area contributed by atoms with Gasteiger partial charge in [-0.15, -0.1) is 12.4 Å². The van der Waals surface area contributed by atoms with Gasteiger partial charge in [-0.2, -0.15) is 0 Å². The second-order valence-corrected chi connectivity index (χ2v) is 5.21. The van der Waals surface area contributed by atoms with Crippen molar-refractivity contribution in [3.05, 3.63) is 28.7 Å². The molecule has 1 aliphatic heterocycles. The van der Waals surface area contributed by atoms with E-state index in [4.69, 9.17) is 4.74 Å². The summed E-state index contributed by atoms with van der Waals surface area (Å²) in [4.78, 5) is 11.5. The molecule has 0 saturated carbocycles. The third kappa shape index (κ3) is 5.38. The van der Waals surface area contributed by atoms with E-state index >= 15 is 0 Å². The van der Waals surface area contributed by atoms with E-state index in [1.807, 2.05) is 24.3 Å². The van der Waals surface area contributed by atoms with Crippen molar-refractivity contribution in [3.63, 3.8) is 0 Å². The normalized spacial score (nSPS) is 14.2. The van der Waals surface area contributed by atoms with Crippen molar-refractivity contribution in [2.24, 2.45) is 5.92 Å². The molecule has 106 valence electrons. The highest BCUT2D eigenvalue weighted by Gasteiger charge is 2.16. The molecule has 1 amide bonds. The maximum absolute atomic E-state index is 11.5. The van der Waals surface area contributed by atoms with E-state index in [-0.39, 0.29) is 18.3 Å². The van der Waals surface area contributed by atoms with Gasteiger partial charge in [0.25, 0.3) is 0 Å². The van der Waals surface area contributed by atoms with Gasteiger partial charge in [0.05, 0.1) is 17.5 Å². The van der Waals surface area contributed by atoms with Crippen LogP contribution < -0.4 is 15.4 Å². The van der Waals surface area contributed by atoms with E-state index in [2.05, 4.69) is 26.6 Å². The summed E-state index contributed by atoms with van der Waals surface area (Å²) in [7, 11) is 0. The lowest BCUT2D eigenvalue weighted by Gasteiger charge is -2.27. The number of benzene rings is 1. The predicted molar refractivity (Wildman–Crippen MR) is 80.9 cm³/mol. The smallest absolute Gasteiger partial charge is 0.223 e. The second-order valence-electron chi connectivity index (χ2n) is 4.36. The number of carbonyl (C=O) groups excluding carboxylic acids is 1. The third-order valence-electron chi connectivity index (χ3n) is 2.88. The molecule has 1 aromatic carbocycles. The quantitative estimate of drug-likeness (QED) is 0.825. The Bertz CT molecular complexity index is 413. The van der Waals surface area contributed by atoms with Crippen LogP contribution in [0.25, 0.3) is 0 Å². The minimum absolute atomic E-state index is 0. The van der Waals surface area contributed by atoms with Gasteiger partial charge < -0.3 is 15.4 Å². The Balaban J connectivity index is 0.00000180. The molecule has 0 aliphatic carbocycles. The highest BCUT2D eigenvalue weighted by atomic mass is 79.9. The Morgan fingerprint density at radius 1 is 1.42 bits per heavy atom. The van der Waals surface area contributed by atoms with Crippen LogP contribution in [0.5, 0.6) is 5.75 Å². The Morgan fingerprint density at radius 3 is 2.79 bits per heavy atom. The van der Waals surface area contributed by atoms with Gasteiger partial charge in [-0.3, -0.25) is 4.79 Å². The van der Waals surface area contributed by atoms with Crippen LogP contribution in [0.3, 0.4) is 0 Å². The fourth-order valence-corrected chi connectivity index (χ4v) is 2.05. The average molecular weight is 350 g/mol.